The predicted octanol–water partition coefficient (Wildman–Crippen LogP) is 4.25. The van der Waals surface area contributed by atoms with Gasteiger partial charge < -0.3 is 0 Å². The Morgan fingerprint density at radius 1 is 0.957 bits per heavy atom. The molecule has 1 aromatic rings. The van der Waals surface area contributed by atoms with Crippen LogP contribution < -0.4 is 4.90 Å². The molecule has 3 nitrogen and oxygen atoms in total. The van der Waals surface area contributed by atoms with Crippen molar-refractivity contribution in [2.24, 2.45) is 23.7 Å². The van der Waals surface area contributed by atoms with E-state index in [9.17, 15) is 9.59 Å². The van der Waals surface area contributed by atoms with Crippen LogP contribution in [-0.4, -0.2) is 11.8 Å². The second-order valence-electron chi connectivity index (χ2n) is 6.55. The summed E-state index contributed by atoms with van der Waals surface area (Å²) in [5, 5.41) is 0.746. The number of anilines is 1. The van der Waals surface area contributed by atoms with E-state index in [1.165, 1.54) is 16.0 Å². The molecule has 1 aliphatic heterocycles. The number of carbonyl (C=O) groups is 2. The highest BCUT2D eigenvalue weighted by Gasteiger charge is 2.61. The normalized spacial score (nSPS) is 31.3. The van der Waals surface area contributed by atoms with E-state index in [-0.39, 0.29) is 35.5 Å². The average molecular weight is 348 g/mol. The molecule has 0 aromatic heterocycles. The van der Waals surface area contributed by atoms with Gasteiger partial charge in [0.15, 0.2) is 0 Å². The zero-order valence-corrected chi connectivity index (χ0v) is 14.2. The predicted molar refractivity (Wildman–Crippen MR) is 90.4 cm³/mol. The Balaban J connectivity index is 1.77. The van der Waals surface area contributed by atoms with Crippen LogP contribution >= 0.6 is 23.2 Å². The van der Waals surface area contributed by atoms with Gasteiger partial charge in [-0.1, -0.05) is 46.5 Å². The molecule has 1 saturated carbocycles. The largest absolute Gasteiger partial charge is 0.274 e. The first kappa shape index (κ1) is 15.0. The van der Waals surface area contributed by atoms with Gasteiger partial charge in [-0.3, -0.25) is 9.59 Å². The zero-order valence-electron chi connectivity index (χ0n) is 12.7. The van der Waals surface area contributed by atoms with Crippen LogP contribution in [0.25, 0.3) is 0 Å². The molecule has 1 aromatic carbocycles. The van der Waals surface area contributed by atoms with Crippen molar-refractivity contribution < 1.29 is 9.59 Å². The van der Waals surface area contributed by atoms with Crippen molar-refractivity contribution in [3.8, 4) is 0 Å². The van der Waals surface area contributed by atoms with Gasteiger partial charge in [-0.2, -0.15) is 0 Å². The van der Waals surface area contributed by atoms with Gasteiger partial charge in [0, 0.05) is 11.8 Å². The number of nitrogens with zero attached hydrogens (tertiary/aromatic N) is 1. The Kier molecular flexibility index (Phi) is 3.23. The molecule has 2 fully saturated rings. The lowest BCUT2D eigenvalue weighted by atomic mass is 9.85. The second-order valence-corrected chi connectivity index (χ2v) is 7.37. The van der Waals surface area contributed by atoms with Gasteiger partial charge in [0.2, 0.25) is 11.8 Å². The van der Waals surface area contributed by atoms with E-state index in [1.54, 1.807) is 18.2 Å². The Labute approximate surface area is 144 Å². The lowest BCUT2D eigenvalue weighted by molar-refractivity contribution is -0.122. The first-order chi connectivity index (χ1) is 10.9. The topological polar surface area (TPSA) is 37.4 Å². The van der Waals surface area contributed by atoms with Gasteiger partial charge in [-0.25, -0.2) is 4.90 Å². The van der Waals surface area contributed by atoms with Crippen LogP contribution in [0, 0.1) is 23.7 Å². The van der Waals surface area contributed by atoms with E-state index in [4.69, 9.17) is 23.2 Å². The minimum absolute atomic E-state index is 0.0548. The first-order valence-electron chi connectivity index (χ1n) is 7.60. The van der Waals surface area contributed by atoms with Gasteiger partial charge in [0.1, 0.15) is 0 Å². The van der Waals surface area contributed by atoms with Crippen molar-refractivity contribution in [2.45, 2.75) is 13.8 Å². The molecule has 0 unspecified atom stereocenters. The highest BCUT2D eigenvalue weighted by Crippen LogP contribution is 2.57. The third-order valence-corrected chi connectivity index (χ3v) is 5.89. The van der Waals surface area contributed by atoms with E-state index < -0.39 is 0 Å². The van der Waals surface area contributed by atoms with Crippen LogP contribution in [0.1, 0.15) is 13.8 Å². The summed E-state index contributed by atoms with van der Waals surface area (Å²) < 4.78 is 0. The standard InChI is InChI=1S/C18H15Cl2NO2/c1-8(2)14-10-4-5-11(14)16-15(10)17(22)21(18(16)23)9-3-6-12(19)13(20)7-9/h3-7,10-11,15-16H,1-2H3/t10-,11+,15-,16-/m1/s1. The van der Waals surface area contributed by atoms with E-state index in [2.05, 4.69) is 26.0 Å². The lowest BCUT2D eigenvalue weighted by Crippen LogP contribution is -2.33. The summed E-state index contributed by atoms with van der Waals surface area (Å²) in [6.45, 7) is 4.10. The fraction of sp³-hybridized carbons (Fsp3) is 0.333. The second kappa shape index (κ2) is 4.96. The van der Waals surface area contributed by atoms with Gasteiger partial charge in [0.25, 0.3) is 0 Å². The molecule has 2 amide bonds. The van der Waals surface area contributed by atoms with Crippen molar-refractivity contribution in [1.29, 1.82) is 0 Å². The van der Waals surface area contributed by atoms with Crippen LogP contribution in [0.2, 0.25) is 10.0 Å². The minimum atomic E-state index is -0.281. The molecule has 1 saturated heterocycles. The highest BCUT2D eigenvalue weighted by molar-refractivity contribution is 6.42. The summed E-state index contributed by atoms with van der Waals surface area (Å²) in [4.78, 5) is 27.1. The Morgan fingerprint density at radius 2 is 1.52 bits per heavy atom. The number of allylic oxidation sites excluding steroid dienone is 4. The van der Waals surface area contributed by atoms with Crippen molar-refractivity contribution in [2.75, 3.05) is 4.90 Å². The maximum absolute atomic E-state index is 12.9. The molecule has 1 heterocycles. The fourth-order valence-electron chi connectivity index (χ4n) is 4.31. The monoisotopic (exact) mass is 347 g/mol. The smallest absolute Gasteiger partial charge is 0.238 e. The number of benzene rings is 1. The molecule has 0 radical (unpaired) electrons. The third kappa shape index (κ3) is 1.90. The fourth-order valence-corrected chi connectivity index (χ4v) is 4.60. The van der Waals surface area contributed by atoms with Gasteiger partial charge in [-0.15, -0.1) is 0 Å². The molecule has 2 bridgehead atoms. The molecule has 4 rings (SSSR count). The number of hydrogen-bond acceptors (Lipinski definition) is 2. The van der Waals surface area contributed by atoms with Crippen molar-refractivity contribution in [3.05, 3.63) is 51.5 Å². The quantitative estimate of drug-likeness (QED) is 0.562. The van der Waals surface area contributed by atoms with E-state index in [1.807, 2.05) is 0 Å². The molecule has 0 N–H and O–H groups in total. The van der Waals surface area contributed by atoms with Crippen LogP contribution in [0.3, 0.4) is 0 Å². The van der Waals surface area contributed by atoms with E-state index >= 15 is 0 Å². The van der Waals surface area contributed by atoms with Gasteiger partial charge in [0.05, 0.1) is 27.6 Å². The minimum Gasteiger partial charge on any atom is -0.274 e. The molecule has 2 aliphatic carbocycles. The Hall–Kier alpha value is -1.58. The lowest BCUT2D eigenvalue weighted by Gasteiger charge is -2.19. The number of hydrogen-bond donors (Lipinski definition) is 0. The highest BCUT2D eigenvalue weighted by atomic mass is 35.5. The van der Waals surface area contributed by atoms with E-state index in [0.717, 1.165) is 0 Å². The van der Waals surface area contributed by atoms with Crippen molar-refractivity contribution in [1.82, 2.24) is 0 Å². The maximum atomic E-state index is 12.9. The van der Waals surface area contributed by atoms with Crippen molar-refractivity contribution >= 4 is 40.7 Å². The van der Waals surface area contributed by atoms with Crippen LogP contribution in [-0.2, 0) is 9.59 Å². The molecular weight excluding hydrogens is 333 g/mol. The molecule has 4 atom stereocenters. The molecule has 118 valence electrons. The summed E-state index contributed by atoms with van der Waals surface area (Å²) in [5.74, 6) is -0.713. The number of rotatable bonds is 1. The third-order valence-electron chi connectivity index (χ3n) is 5.15. The zero-order chi connectivity index (χ0) is 16.5. The number of imide groups is 1. The number of carbonyl (C=O) groups excluding carboxylic acids is 2. The number of fused-ring (bicyclic) bond motifs is 5. The van der Waals surface area contributed by atoms with Crippen LogP contribution in [0.5, 0.6) is 0 Å². The molecule has 0 spiro atoms. The Bertz CT molecular complexity index is 773. The van der Waals surface area contributed by atoms with E-state index in [0.29, 0.717) is 15.7 Å². The number of amides is 2. The summed E-state index contributed by atoms with van der Waals surface area (Å²) in [5.41, 5.74) is 2.96. The molecule has 3 aliphatic rings. The van der Waals surface area contributed by atoms with Gasteiger partial charge in [-0.05, 0) is 32.0 Å². The molecule has 23 heavy (non-hydrogen) atoms. The molecule has 5 heteroatoms. The summed E-state index contributed by atoms with van der Waals surface area (Å²) in [6.07, 6.45) is 4.16. The van der Waals surface area contributed by atoms with Crippen LogP contribution in [0.4, 0.5) is 5.69 Å². The maximum Gasteiger partial charge on any atom is 0.238 e. The Morgan fingerprint density at radius 3 is 2.00 bits per heavy atom. The van der Waals surface area contributed by atoms with Crippen molar-refractivity contribution in [3.63, 3.8) is 0 Å². The van der Waals surface area contributed by atoms with Crippen LogP contribution in [0.15, 0.2) is 41.5 Å². The summed E-state index contributed by atoms with van der Waals surface area (Å²) >= 11 is 12.0. The average Bonchev–Trinajstić information content (AvgIpc) is 3.13. The van der Waals surface area contributed by atoms with Gasteiger partial charge >= 0.3 is 0 Å². The summed E-state index contributed by atoms with van der Waals surface area (Å²) in [7, 11) is 0. The SMILES string of the molecule is CC(C)=C1[C@H]2C=C[C@@H]1[C@H]1C(=O)N(c3ccc(Cl)c(Cl)c3)C(=O)[C@@H]12. The molecular formula is C18H15Cl2NO2. The first-order valence-corrected chi connectivity index (χ1v) is 8.36. The number of halogens is 2. The summed E-state index contributed by atoms with van der Waals surface area (Å²) in [6, 6.07) is 4.86.